The van der Waals surface area contributed by atoms with Crippen LogP contribution in [0.4, 0.5) is 15.8 Å². The van der Waals surface area contributed by atoms with E-state index in [0.717, 1.165) is 106 Å². The summed E-state index contributed by atoms with van der Waals surface area (Å²) in [5, 5.41) is 20.7. The quantitative estimate of drug-likeness (QED) is 0.169. The van der Waals surface area contributed by atoms with Crippen LogP contribution < -0.4 is 9.21 Å². The highest BCUT2D eigenvalue weighted by Crippen LogP contribution is 2.50. The maximum Gasteiger partial charge on any atom is 0.170 e. The Bertz CT molecular complexity index is 2070. The number of fused-ring (bicyclic) bond motifs is 4. The highest BCUT2D eigenvalue weighted by atomic mass is 32.2. The molecule has 1 aromatic heterocycles. The van der Waals surface area contributed by atoms with Crippen molar-refractivity contribution in [3.05, 3.63) is 100.0 Å². The number of carbonyl (C=O) groups is 1. The molecule has 0 spiro atoms. The van der Waals surface area contributed by atoms with Crippen molar-refractivity contribution in [1.82, 2.24) is 5.16 Å². The van der Waals surface area contributed by atoms with Crippen LogP contribution in [0.15, 0.2) is 65.2 Å². The number of halogens is 1. The molecule has 8 nitrogen and oxygen atoms in total. The Hall–Kier alpha value is -4.38. The second kappa shape index (κ2) is 16.1. The van der Waals surface area contributed by atoms with Gasteiger partial charge in [-0.15, -0.1) is 0 Å². The van der Waals surface area contributed by atoms with E-state index in [9.17, 15) is 13.4 Å². The van der Waals surface area contributed by atoms with E-state index >= 15 is 0 Å². The van der Waals surface area contributed by atoms with Crippen molar-refractivity contribution in [1.29, 1.82) is 0 Å². The Kier molecular flexibility index (Phi) is 12.0. The lowest BCUT2D eigenvalue weighted by Crippen LogP contribution is -2.33. The first-order valence-corrected chi connectivity index (χ1v) is 19.1. The van der Waals surface area contributed by atoms with Gasteiger partial charge in [0, 0.05) is 61.5 Å². The van der Waals surface area contributed by atoms with Gasteiger partial charge in [-0.3, -0.25) is 4.31 Å². The number of benzene rings is 4. The Balaban J connectivity index is 0.000000690. The van der Waals surface area contributed by atoms with Crippen LogP contribution in [0.2, 0.25) is 0 Å². The molecule has 2 aliphatic rings. The molecule has 2 N–H and O–H groups in total. The van der Waals surface area contributed by atoms with Gasteiger partial charge in [-0.2, -0.15) is 0 Å². The monoisotopic (exact) mass is 727 g/mol. The Morgan fingerprint density at radius 3 is 2.23 bits per heavy atom. The third-order valence-corrected chi connectivity index (χ3v) is 10.6. The second-order valence-corrected chi connectivity index (χ2v) is 15.8. The number of rotatable bonds is 6. The molecule has 2 aliphatic heterocycles. The number of nitrogens with zero attached hydrogens (tertiary/aromatic N) is 3. The first-order chi connectivity index (χ1) is 24.7. The topological polar surface area (TPSA) is 107 Å². The van der Waals surface area contributed by atoms with E-state index in [1.54, 1.807) is 33.1 Å². The normalized spacial score (nSPS) is 14.8. The molecule has 3 heterocycles. The van der Waals surface area contributed by atoms with Crippen LogP contribution in [0.25, 0.3) is 33.2 Å². The van der Waals surface area contributed by atoms with Gasteiger partial charge in [-0.25, -0.2) is 8.60 Å². The number of piperidine rings is 1. The molecule has 5 aromatic rings. The molecule has 1 saturated heterocycles. The minimum atomic E-state index is -1.26. The van der Waals surface area contributed by atoms with E-state index in [-0.39, 0.29) is 11.7 Å². The van der Waals surface area contributed by atoms with Gasteiger partial charge in [-0.05, 0) is 118 Å². The molecular weight excluding hydrogens is 678 g/mol. The lowest BCUT2D eigenvalue weighted by molar-refractivity contribution is -0.107. The number of hydrogen-bond donors (Lipinski definition) is 2. The molecule has 52 heavy (non-hydrogen) atoms. The number of aldehydes is 1. The Labute approximate surface area is 308 Å². The SMILES string of the molecule is CC(C)(C)O.CO.Cc1ccc(-c2c(C)c3c(c(C)c2CC=O)N(S(C)=O)Cc2cc(N4CCC(c5noc6cc(F)ccc56)CC4)ccc2-3)cc1. The predicted molar refractivity (Wildman–Crippen MR) is 210 cm³/mol. The third kappa shape index (κ3) is 8.14. The molecule has 0 amide bonds. The summed E-state index contributed by atoms with van der Waals surface area (Å²) in [4.78, 5) is 14.3. The molecule has 0 bridgehead atoms. The average Bonchev–Trinajstić information content (AvgIpc) is 3.53. The molecule has 276 valence electrons. The smallest absolute Gasteiger partial charge is 0.170 e. The molecule has 10 heteroatoms. The lowest BCUT2D eigenvalue weighted by atomic mass is 9.81. The van der Waals surface area contributed by atoms with Crippen LogP contribution >= 0.6 is 0 Å². The van der Waals surface area contributed by atoms with Crippen LogP contribution in [0.3, 0.4) is 0 Å². The van der Waals surface area contributed by atoms with Crippen molar-refractivity contribution in [2.24, 2.45) is 0 Å². The first-order valence-electron chi connectivity index (χ1n) is 17.6. The first kappa shape index (κ1) is 38.8. The van der Waals surface area contributed by atoms with Crippen molar-refractivity contribution >= 4 is 39.6 Å². The number of aliphatic hydroxyl groups excluding tert-OH is 1. The molecule has 7 rings (SSSR count). The number of carbonyl (C=O) groups excluding carboxylic acids is 1. The molecule has 4 aromatic carbocycles. The van der Waals surface area contributed by atoms with E-state index < -0.39 is 16.6 Å². The summed E-state index contributed by atoms with van der Waals surface area (Å²) in [6.07, 6.45) is 4.84. The number of aromatic nitrogens is 1. The zero-order valence-corrected chi connectivity index (χ0v) is 32.2. The van der Waals surface area contributed by atoms with Crippen LogP contribution in [0.5, 0.6) is 0 Å². The maximum absolute atomic E-state index is 13.7. The molecule has 1 fully saturated rings. The fraction of sp³-hybridized carbons (Fsp3) is 0.381. The summed E-state index contributed by atoms with van der Waals surface area (Å²) in [6.45, 7) is 13.8. The third-order valence-electron chi connectivity index (χ3n) is 9.66. The van der Waals surface area contributed by atoms with Crippen LogP contribution in [-0.2, 0) is 28.7 Å². The molecule has 1 atom stereocenters. The van der Waals surface area contributed by atoms with Gasteiger partial charge in [0.25, 0.3) is 0 Å². The Morgan fingerprint density at radius 2 is 1.62 bits per heavy atom. The van der Waals surface area contributed by atoms with E-state index in [2.05, 4.69) is 73.3 Å². The summed E-state index contributed by atoms with van der Waals surface area (Å²) >= 11 is 0. The number of anilines is 2. The fourth-order valence-electron chi connectivity index (χ4n) is 7.38. The van der Waals surface area contributed by atoms with Crippen molar-refractivity contribution in [2.75, 3.05) is 35.7 Å². The number of aryl methyl sites for hydroxylation is 1. The zero-order chi connectivity index (χ0) is 37.9. The average molecular weight is 728 g/mol. The van der Waals surface area contributed by atoms with Gasteiger partial charge in [0.1, 0.15) is 23.1 Å². The summed E-state index contributed by atoms with van der Waals surface area (Å²) < 4.78 is 34.4. The predicted octanol–water partition coefficient (Wildman–Crippen LogP) is 8.35. The molecule has 0 saturated carbocycles. The molecular formula is C42H50FN3O5S. The van der Waals surface area contributed by atoms with Gasteiger partial charge in [0.2, 0.25) is 0 Å². The van der Waals surface area contributed by atoms with E-state index in [1.807, 2.05) is 4.31 Å². The highest BCUT2D eigenvalue weighted by Gasteiger charge is 2.32. The van der Waals surface area contributed by atoms with E-state index in [1.165, 1.54) is 17.7 Å². The fourth-order valence-corrected chi connectivity index (χ4v) is 8.19. The van der Waals surface area contributed by atoms with Gasteiger partial charge in [0.05, 0.1) is 23.5 Å². The largest absolute Gasteiger partial charge is 0.400 e. The zero-order valence-electron chi connectivity index (χ0n) is 31.4. The van der Waals surface area contributed by atoms with Crippen LogP contribution in [-0.4, -0.2) is 57.9 Å². The lowest BCUT2D eigenvalue weighted by Gasteiger charge is -2.37. The molecule has 0 aliphatic carbocycles. The van der Waals surface area contributed by atoms with Gasteiger partial charge in [0.15, 0.2) is 5.58 Å². The molecule has 0 radical (unpaired) electrons. The minimum absolute atomic E-state index is 0.252. The number of hydrogen-bond acceptors (Lipinski definition) is 7. The summed E-state index contributed by atoms with van der Waals surface area (Å²) in [5.41, 5.74) is 12.9. The van der Waals surface area contributed by atoms with Crippen molar-refractivity contribution in [3.8, 4) is 22.3 Å². The Morgan fingerprint density at radius 1 is 0.962 bits per heavy atom. The van der Waals surface area contributed by atoms with Crippen molar-refractivity contribution < 1.29 is 28.1 Å². The highest BCUT2D eigenvalue weighted by molar-refractivity contribution is 7.85. The van der Waals surface area contributed by atoms with Crippen molar-refractivity contribution in [3.63, 3.8) is 0 Å². The van der Waals surface area contributed by atoms with Crippen LogP contribution in [0.1, 0.15) is 73.0 Å². The van der Waals surface area contributed by atoms with Gasteiger partial charge < -0.3 is 24.4 Å². The van der Waals surface area contributed by atoms with Crippen LogP contribution in [0, 0.1) is 26.6 Å². The van der Waals surface area contributed by atoms with E-state index in [4.69, 9.17) is 14.7 Å². The van der Waals surface area contributed by atoms with Crippen molar-refractivity contribution in [2.45, 2.75) is 78.9 Å². The summed E-state index contributed by atoms with van der Waals surface area (Å²) in [5.74, 6) is -0.0690. The van der Waals surface area contributed by atoms with Gasteiger partial charge >= 0.3 is 0 Å². The summed E-state index contributed by atoms with van der Waals surface area (Å²) in [6, 6.07) is 19.8. The minimum Gasteiger partial charge on any atom is -0.400 e. The second-order valence-electron chi connectivity index (χ2n) is 14.5. The van der Waals surface area contributed by atoms with E-state index in [0.29, 0.717) is 18.5 Å². The maximum atomic E-state index is 13.7. The number of aliphatic hydroxyl groups is 2. The summed E-state index contributed by atoms with van der Waals surface area (Å²) in [7, 11) is -0.260. The molecule has 1 unspecified atom stereocenters. The van der Waals surface area contributed by atoms with Gasteiger partial charge in [-0.1, -0.05) is 41.1 Å². The standard InChI is InChI=1S/C37H36FN3O3S.C4H10O.CH4O/c1-22-5-7-25(8-6-22)34-24(3)35-31-12-10-29(19-27(31)21-41(45(4)43)37(35)23(2)30(34)15-18-42)40-16-13-26(14-17-40)36-32-11-9-28(38)20-33(32)44-39-36;1-4(2,3)5;1-2/h5-12,18-20,26H,13-17,21H2,1-4H3;5H,1-3H3;2H,1H3.